The van der Waals surface area contributed by atoms with Crippen molar-refractivity contribution < 1.29 is 8.78 Å². The van der Waals surface area contributed by atoms with Gasteiger partial charge in [0.2, 0.25) is 0 Å². The van der Waals surface area contributed by atoms with Crippen molar-refractivity contribution in [3.63, 3.8) is 0 Å². The van der Waals surface area contributed by atoms with Gasteiger partial charge in [-0.05, 0) is 18.2 Å². The molecule has 0 saturated heterocycles. The molecule has 2 nitrogen and oxygen atoms in total. The van der Waals surface area contributed by atoms with Crippen LogP contribution in [0.1, 0.15) is 12.5 Å². The van der Waals surface area contributed by atoms with Crippen LogP contribution in [0.2, 0.25) is 0 Å². The lowest BCUT2D eigenvalue weighted by molar-refractivity contribution is 0.444. The zero-order valence-corrected chi connectivity index (χ0v) is 8.36. The fraction of sp³-hybridized carbons (Fsp3) is 0.250. The van der Waals surface area contributed by atoms with E-state index in [0.29, 0.717) is 17.3 Å². The Bertz CT molecular complexity index is 620. The molecule has 0 aliphatic heterocycles. The van der Waals surface area contributed by atoms with Gasteiger partial charge >= 0.3 is 0 Å². The molecule has 1 fully saturated rings. The molecule has 0 amide bonds. The van der Waals surface area contributed by atoms with E-state index in [1.165, 1.54) is 24.3 Å². The number of halogens is 2. The zero-order valence-electron chi connectivity index (χ0n) is 8.36. The normalized spacial score (nSPS) is 23.6. The van der Waals surface area contributed by atoms with Gasteiger partial charge in [-0.3, -0.25) is 4.79 Å². The van der Waals surface area contributed by atoms with E-state index in [4.69, 9.17) is 0 Å². The van der Waals surface area contributed by atoms with E-state index in [1.807, 2.05) is 0 Å². The highest BCUT2D eigenvalue weighted by molar-refractivity contribution is 5.79. The minimum Gasteiger partial charge on any atom is -0.341 e. The van der Waals surface area contributed by atoms with Crippen molar-refractivity contribution in [1.82, 2.24) is 4.57 Å². The van der Waals surface area contributed by atoms with Crippen molar-refractivity contribution in [2.75, 3.05) is 0 Å². The third kappa shape index (κ3) is 1.33. The number of hydrogen-bond acceptors (Lipinski definition) is 1. The van der Waals surface area contributed by atoms with Crippen LogP contribution in [0.5, 0.6) is 0 Å². The van der Waals surface area contributed by atoms with Gasteiger partial charge in [0.25, 0.3) is 0 Å². The average Bonchev–Trinajstić information content (AvgIpc) is 2.97. The SMILES string of the molecule is O=c1ccn([C@@H]2C[C@@H]2F)c2ccc(F)cc12. The highest BCUT2D eigenvalue weighted by Gasteiger charge is 2.39. The van der Waals surface area contributed by atoms with Crippen LogP contribution >= 0.6 is 0 Å². The molecule has 82 valence electrons. The van der Waals surface area contributed by atoms with Crippen LogP contribution in [0.25, 0.3) is 10.9 Å². The van der Waals surface area contributed by atoms with Crippen molar-refractivity contribution in [2.45, 2.75) is 18.6 Å². The Hall–Kier alpha value is -1.71. The summed E-state index contributed by atoms with van der Waals surface area (Å²) in [5.74, 6) is -0.449. The Morgan fingerprint density at radius 3 is 2.75 bits per heavy atom. The Kier molecular flexibility index (Phi) is 1.87. The molecule has 3 rings (SSSR count). The summed E-state index contributed by atoms with van der Waals surface area (Å²) in [5, 5.41) is 0.307. The molecule has 16 heavy (non-hydrogen) atoms. The molecule has 0 N–H and O–H groups in total. The molecule has 1 aliphatic carbocycles. The Labute approximate surface area is 90.1 Å². The highest BCUT2D eigenvalue weighted by atomic mass is 19.1. The lowest BCUT2D eigenvalue weighted by atomic mass is 10.2. The van der Waals surface area contributed by atoms with Crippen LogP contribution in [-0.4, -0.2) is 10.7 Å². The molecule has 0 radical (unpaired) electrons. The maximum Gasteiger partial charge on any atom is 0.189 e. The number of benzene rings is 1. The molecule has 1 aromatic heterocycles. The van der Waals surface area contributed by atoms with Gasteiger partial charge in [-0.2, -0.15) is 0 Å². The molecule has 0 spiro atoms. The highest BCUT2D eigenvalue weighted by Crippen LogP contribution is 2.40. The number of alkyl halides is 1. The quantitative estimate of drug-likeness (QED) is 0.724. The van der Waals surface area contributed by atoms with E-state index >= 15 is 0 Å². The van der Waals surface area contributed by atoms with E-state index < -0.39 is 12.0 Å². The predicted octanol–water partition coefficient (Wildman–Crippen LogP) is 2.42. The largest absolute Gasteiger partial charge is 0.341 e. The van der Waals surface area contributed by atoms with Crippen molar-refractivity contribution >= 4 is 10.9 Å². The van der Waals surface area contributed by atoms with Crippen molar-refractivity contribution in [3.05, 3.63) is 46.5 Å². The molecular formula is C12H9F2NO. The van der Waals surface area contributed by atoms with Gasteiger partial charge in [0, 0.05) is 24.1 Å². The predicted molar refractivity (Wildman–Crippen MR) is 56.7 cm³/mol. The summed E-state index contributed by atoms with van der Waals surface area (Å²) in [5.41, 5.74) is 0.362. The summed E-state index contributed by atoms with van der Waals surface area (Å²) >= 11 is 0. The second-order valence-electron chi connectivity index (χ2n) is 4.07. The molecule has 2 atom stereocenters. The topological polar surface area (TPSA) is 22.0 Å². The number of rotatable bonds is 1. The minimum atomic E-state index is -0.851. The fourth-order valence-corrected chi connectivity index (χ4v) is 1.98. The maximum absolute atomic E-state index is 13.0. The van der Waals surface area contributed by atoms with Gasteiger partial charge in [0.05, 0.1) is 11.6 Å². The van der Waals surface area contributed by atoms with E-state index in [-0.39, 0.29) is 11.5 Å². The van der Waals surface area contributed by atoms with Crippen LogP contribution in [0.3, 0.4) is 0 Å². The third-order valence-electron chi connectivity index (χ3n) is 2.93. The summed E-state index contributed by atoms with van der Waals surface area (Å²) in [6.45, 7) is 0. The third-order valence-corrected chi connectivity index (χ3v) is 2.93. The molecular weight excluding hydrogens is 212 g/mol. The molecule has 1 aliphatic rings. The summed E-state index contributed by atoms with van der Waals surface area (Å²) in [6.07, 6.45) is 1.19. The van der Waals surface area contributed by atoms with Gasteiger partial charge in [-0.1, -0.05) is 0 Å². The first-order valence-electron chi connectivity index (χ1n) is 5.11. The van der Waals surface area contributed by atoms with E-state index in [2.05, 4.69) is 0 Å². The lowest BCUT2D eigenvalue weighted by Crippen LogP contribution is -2.08. The van der Waals surface area contributed by atoms with Gasteiger partial charge in [-0.25, -0.2) is 8.78 Å². The van der Waals surface area contributed by atoms with Crippen LogP contribution in [0, 0.1) is 5.82 Å². The Morgan fingerprint density at radius 2 is 2.06 bits per heavy atom. The molecule has 1 saturated carbocycles. The summed E-state index contributed by atoms with van der Waals surface area (Å²) in [7, 11) is 0. The molecule has 1 aromatic carbocycles. The van der Waals surface area contributed by atoms with Gasteiger partial charge < -0.3 is 4.57 Å². The standard InChI is InChI=1S/C12H9F2NO/c13-7-1-2-10-8(5-7)12(16)3-4-15(10)11-6-9(11)14/h1-5,9,11H,6H2/t9-,11+/m0/s1. The maximum atomic E-state index is 13.0. The molecule has 0 unspecified atom stereocenters. The van der Waals surface area contributed by atoms with E-state index in [1.54, 1.807) is 10.8 Å². The van der Waals surface area contributed by atoms with Crippen molar-refractivity contribution in [1.29, 1.82) is 0 Å². The van der Waals surface area contributed by atoms with Crippen LogP contribution in [0.4, 0.5) is 8.78 Å². The monoisotopic (exact) mass is 221 g/mol. The average molecular weight is 221 g/mol. The second kappa shape index (κ2) is 3.14. The zero-order chi connectivity index (χ0) is 11.3. The number of aromatic nitrogens is 1. The van der Waals surface area contributed by atoms with Crippen molar-refractivity contribution in [2.24, 2.45) is 0 Å². The summed E-state index contributed by atoms with van der Waals surface area (Å²) < 4.78 is 27.7. The van der Waals surface area contributed by atoms with Crippen molar-refractivity contribution in [3.8, 4) is 0 Å². The number of hydrogen-bond donors (Lipinski definition) is 0. The van der Waals surface area contributed by atoms with Crippen LogP contribution in [0.15, 0.2) is 35.3 Å². The molecule has 0 bridgehead atoms. The molecule has 2 aromatic rings. The first-order chi connectivity index (χ1) is 7.66. The number of fused-ring (bicyclic) bond motifs is 1. The van der Waals surface area contributed by atoms with Gasteiger partial charge in [-0.15, -0.1) is 0 Å². The molecule has 4 heteroatoms. The van der Waals surface area contributed by atoms with E-state index in [9.17, 15) is 13.6 Å². The molecule has 1 heterocycles. The summed E-state index contributed by atoms with van der Waals surface area (Å²) in [6, 6.07) is 5.16. The number of pyridine rings is 1. The second-order valence-corrected chi connectivity index (χ2v) is 4.07. The number of nitrogens with zero attached hydrogens (tertiary/aromatic N) is 1. The Morgan fingerprint density at radius 1 is 1.31 bits per heavy atom. The minimum absolute atomic E-state index is 0.200. The van der Waals surface area contributed by atoms with Gasteiger partial charge in [0.1, 0.15) is 12.0 Å². The summed E-state index contributed by atoms with van der Waals surface area (Å²) in [4.78, 5) is 11.5. The van der Waals surface area contributed by atoms with Gasteiger partial charge in [0.15, 0.2) is 5.43 Å². The van der Waals surface area contributed by atoms with E-state index in [0.717, 1.165) is 0 Å². The first kappa shape index (κ1) is 9.51. The lowest BCUT2D eigenvalue weighted by Gasteiger charge is -2.08. The smallest absolute Gasteiger partial charge is 0.189 e. The first-order valence-corrected chi connectivity index (χ1v) is 5.11. The fourth-order valence-electron chi connectivity index (χ4n) is 1.98. The van der Waals surface area contributed by atoms with Crippen LogP contribution in [-0.2, 0) is 0 Å². The Balaban J connectivity index is 2.31. The van der Waals surface area contributed by atoms with Crippen LogP contribution < -0.4 is 5.43 Å².